The molecule has 3 heterocycles. The van der Waals surface area contributed by atoms with Crippen molar-refractivity contribution < 1.29 is 4.79 Å². The topological polar surface area (TPSA) is 74.2 Å². The number of nitrogens with one attached hydrogen (secondary N) is 1. The number of carbonyl (C=O) groups excluding carboxylic acids is 1. The number of carbonyl (C=O) groups is 1. The van der Waals surface area contributed by atoms with Gasteiger partial charge in [-0.1, -0.05) is 6.07 Å². The molecule has 0 spiro atoms. The van der Waals surface area contributed by atoms with Gasteiger partial charge in [-0.2, -0.15) is 5.10 Å². The Balaban J connectivity index is 1.36. The summed E-state index contributed by atoms with van der Waals surface area (Å²) in [6.07, 6.45) is 3.48. The average molecular weight is 351 g/mol. The van der Waals surface area contributed by atoms with Gasteiger partial charge in [0.1, 0.15) is 0 Å². The van der Waals surface area contributed by atoms with Gasteiger partial charge in [-0.15, -0.1) is 0 Å². The molecule has 1 aliphatic rings. The van der Waals surface area contributed by atoms with Crippen molar-refractivity contribution in [3.63, 3.8) is 0 Å². The number of aromatic nitrogens is 3. The highest BCUT2D eigenvalue weighted by atomic mass is 16.2. The van der Waals surface area contributed by atoms with Crippen LogP contribution in [0.25, 0.3) is 10.9 Å². The van der Waals surface area contributed by atoms with Crippen LogP contribution in [0, 0.1) is 0 Å². The lowest BCUT2D eigenvalue weighted by atomic mass is 10.1. The lowest BCUT2D eigenvalue weighted by Gasteiger charge is -2.34. The van der Waals surface area contributed by atoms with Crippen molar-refractivity contribution in [3.05, 3.63) is 64.7 Å². The molecule has 0 unspecified atom stereocenters. The van der Waals surface area contributed by atoms with E-state index in [9.17, 15) is 9.59 Å². The van der Waals surface area contributed by atoms with Crippen LogP contribution in [0.3, 0.4) is 0 Å². The van der Waals surface area contributed by atoms with Crippen molar-refractivity contribution in [2.24, 2.45) is 0 Å². The quantitative estimate of drug-likeness (QED) is 0.766. The molecule has 1 aromatic carbocycles. The minimum absolute atomic E-state index is 0.0794. The van der Waals surface area contributed by atoms with E-state index in [0.717, 1.165) is 36.1 Å². The number of piperazine rings is 1. The van der Waals surface area contributed by atoms with E-state index in [-0.39, 0.29) is 11.5 Å². The molecule has 7 heteroatoms. The highest BCUT2D eigenvalue weighted by Gasteiger charge is 2.23. The van der Waals surface area contributed by atoms with Gasteiger partial charge >= 0.3 is 0 Å². The van der Waals surface area contributed by atoms with Crippen molar-refractivity contribution in [1.29, 1.82) is 0 Å². The normalized spacial score (nSPS) is 15.5. The maximum atomic E-state index is 12.9. The highest BCUT2D eigenvalue weighted by molar-refractivity contribution is 6.06. The predicted molar refractivity (Wildman–Crippen MR) is 99.1 cm³/mol. The first kappa shape index (κ1) is 16.5. The Labute approximate surface area is 150 Å². The van der Waals surface area contributed by atoms with Gasteiger partial charge in [-0.25, -0.2) is 4.68 Å². The van der Waals surface area contributed by atoms with E-state index in [1.165, 1.54) is 10.7 Å². The number of fused-ring (bicyclic) bond motifs is 1. The fourth-order valence-electron chi connectivity index (χ4n) is 3.41. The summed E-state index contributed by atoms with van der Waals surface area (Å²) in [6, 6.07) is 10.9. The summed E-state index contributed by atoms with van der Waals surface area (Å²) < 4.78 is 1.48. The second-order valence-electron chi connectivity index (χ2n) is 6.46. The summed E-state index contributed by atoms with van der Waals surface area (Å²) >= 11 is 0. The van der Waals surface area contributed by atoms with E-state index in [2.05, 4.69) is 15.0 Å². The van der Waals surface area contributed by atoms with E-state index in [4.69, 9.17) is 0 Å². The Hall–Kier alpha value is -2.93. The number of rotatable bonds is 4. The zero-order valence-corrected chi connectivity index (χ0v) is 14.5. The molecule has 7 nitrogen and oxygen atoms in total. The van der Waals surface area contributed by atoms with Crippen LogP contribution in [0.5, 0.6) is 0 Å². The Morgan fingerprint density at radius 1 is 1.04 bits per heavy atom. The SMILES string of the molecule is O=C(c1cccc2[nH]ccc12)N1CCN(CCn2ncccc2=O)CC1. The Morgan fingerprint density at radius 3 is 2.69 bits per heavy atom. The first-order chi connectivity index (χ1) is 12.7. The van der Waals surface area contributed by atoms with Gasteiger partial charge in [-0.3, -0.25) is 14.5 Å². The molecular weight excluding hydrogens is 330 g/mol. The van der Waals surface area contributed by atoms with Crippen molar-refractivity contribution in [3.8, 4) is 0 Å². The summed E-state index contributed by atoms with van der Waals surface area (Å²) in [5, 5.41) is 5.05. The molecule has 134 valence electrons. The van der Waals surface area contributed by atoms with Gasteiger partial charge < -0.3 is 9.88 Å². The molecule has 1 amide bonds. The summed E-state index contributed by atoms with van der Waals surface area (Å²) in [5.74, 6) is 0.0794. The number of hydrogen-bond acceptors (Lipinski definition) is 4. The fraction of sp³-hybridized carbons (Fsp3) is 0.316. The third-order valence-corrected chi connectivity index (χ3v) is 4.90. The maximum Gasteiger partial charge on any atom is 0.266 e. The van der Waals surface area contributed by atoms with Crippen LogP contribution in [0.2, 0.25) is 0 Å². The molecule has 1 saturated heterocycles. The van der Waals surface area contributed by atoms with Crippen LogP contribution < -0.4 is 5.56 Å². The minimum atomic E-state index is -0.0825. The van der Waals surface area contributed by atoms with Gasteiger partial charge in [-0.05, 0) is 24.3 Å². The molecular formula is C19H21N5O2. The molecule has 0 aliphatic carbocycles. The molecule has 1 aliphatic heterocycles. The molecule has 0 radical (unpaired) electrons. The lowest BCUT2D eigenvalue weighted by molar-refractivity contribution is 0.0633. The number of nitrogens with zero attached hydrogens (tertiary/aromatic N) is 4. The first-order valence-corrected chi connectivity index (χ1v) is 8.82. The summed E-state index contributed by atoms with van der Waals surface area (Å²) in [6.45, 7) is 4.31. The molecule has 1 N–H and O–H groups in total. The van der Waals surface area contributed by atoms with Crippen LogP contribution in [-0.2, 0) is 6.54 Å². The van der Waals surface area contributed by atoms with E-state index < -0.39 is 0 Å². The molecule has 3 aromatic rings. The van der Waals surface area contributed by atoms with Crippen LogP contribution in [0.1, 0.15) is 10.4 Å². The fourth-order valence-corrected chi connectivity index (χ4v) is 3.41. The third kappa shape index (κ3) is 3.25. The Kier molecular flexibility index (Phi) is 4.53. The van der Waals surface area contributed by atoms with Gasteiger partial charge in [0, 0.05) is 67.7 Å². The highest BCUT2D eigenvalue weighted by Crippen LogP contribution is 2.19. The van der Waals surface area contributed by atoms with Crippen LogP contribution >= 0.6 is 0 Å². The van der Waals surface area contributed by atoms with Gasteiger partial charge in [0.05, 0.1) is 6.54 Å². The van der Waals surface area contributed by atoms with Gasteiger partial charge in [0.15, 0.2) is 0 Å². The first-order valence-electron chi connectivity index (χ1n) is 8.82. The van der Waals surface area contributed by atoms with E-state index in [1.807, 2.05) is 35.4 Å². The number of amides is 1. The van der Waals surface area contributed by atoms with Gasteiger partial charge in [0.2, 0.25) is 0 Å². The minimum Gasteiger partial charge on any atom is -0.361 e. The van der Waals surface area contributed by atoms with Crippen molar-refractivity contribution in [1.82, 2.24) is 24.6 Å². The summed E-state index contributed by atoms with van der Waals surface area (Å²) in [4.78, 5) is 31.9. The average Bonchev–Trinajstić information content (AvgIpc) is 3.16. The molecule has 2 aromatic heterocycles. The zero-order chi connectivity index (χ0) is 17.9. The monoisotopic (exact) mass is 351 g/mol. The van der Waals surface area contributed by atoms with Crippen LogP contribution in [-0.4, -0.2) is 63.2 Å². The molecule has 0 bridgehead atoms. The summed E-state index contributed by atoms with van der Waals surface area (Å²) in [5.41, 5.74) is 1.65. The summed E-state index contributed by atoms with van der Waals surface area (Å²) in [7, 11) is 0. The molecule has 0 atom stereocenters. The van der Waals surface area contributed by atoms with Crippen molar-refractivity contribution in [2.45, 2.75) is 6.54 Å². The number of aromatic amines is 1. The van der Waals surface area contributed by atoms with E-state index >= 15 is 0 Å². The molecule has 4 rings (SSSR count). The zero-order valence-electron chi connectivity index (χ0n) is 14.5. The maximum absolute atomic E-state index is 12.9. The largest absolute Gasteiger partial charge is 0.361 e. The van der Waals surface area contributed by atoms with E-state index in [0.29, 0.717) is 19.6 Å². The van der Waals surface area contributed by atoms with Crippen molar-refractivity contribution in [2.75, 3.05) is 32.7 Å². The van der Waals surface area contributed by atoms with E-state index in [1.54, 1.807) is 12.3 Å². The Bertz CT molecular complexity index is 969. The standard InChI is InChI=1S/C19H21N5O2/c25-18-5-2-7-21-24(18)14-11-22-9-12-23(13-10-22)19(26)16-3-1-4-17-15(16)6-8-20-17/h1-8,20H,9-14H2. The molecule has 26 heavy (non-hydrogen) atoms. The smallest absolute Gasteiger partial charge is 0.266 e. The third-order valence-electron chi connectivity index (χ3n) is 4.90. The predicted octanol–water partition coefficient (Wildman–Crippen LogP) is 1.18. The molecule has 0 saturated carbocycles. The number of H-pyrrole nitrogens is 1. The number of benzene rings is 1. The van der Waals surface area contributed by atoms with Crippen molar-refractivity contribution >= 4 is 16.8 Å². The second-order valence-corrected chi connectivity index (χ2v) is 6.46. The second kappa shape index (κ2) is 7.13. The van der Waals surface area contributed by atoms with Crippen LogP contribution in [0.4, 0.5) is 0 Å². The number of hydrogen-bond donors (Lipinski definition) is 1. The Morgan fingerprint density at radius 2 is 1.88 bits per heavy atom. The molecule has 1 fully saturated rings. The van der Waals surface area contributed by atoms with Gasteiger partial charge in [0.25, 0.3) is 11.5 Å². The lowest BCUT2D eigenvalue weighted by Crippen LogP contribution is -2.49. The van der Waals surface area contributed by atoms with Crippen LogP contribution in [0.15, 0.2) is 53.6 Å².